The van der Waals surface area contributed by atoms with Crippen molar-refractivity contribution in [3.05, 3.63) is 35.5 Å². The fourth-order valence-electron chi connectivity index (χ4n) is 2.32. The summed E-state index contributed by atoms with van der Waals surface area (Å²) >= 11 is 0. The Morgan fingerprint density at radius 2 is 2.28 bits per heavy atom. The minimum Gasteiger partial charge on any atom is -0.361 e. The molecular formula is C15H18N2O. The molecule has 1 heterocycles. The Balaban J connectivity index is 1.65. The number of carbonyl (C=O) groups is 1. The van der Waals surface area contributed by atoms with Crippen molar-refractivity contribution in [3.63, 3.8) is 0 Å². The molecule has 18 heavy (non-hydrogen) atoms. The molecule has 3 heteroatoms. The van der Waals surface area contributed by atoms with E-state index in [0.717, 1.165) is 25.8 Å². The van der Waals surface area contributed by atoms with Crippen molar-refractivity contribution in [3.8, 4) is 0 Å². The summed E-state index contributed by atoms with van der Waals surface area (Å²) in [5.41, 5.74) is 3.72. The van der Waals surface area contributed by atoms with E-state index in [1.54, 1.807) is 0 Å². The van der Waals surface area contributed by atoms with Crippen molar-refractivity contribution < 1.29 is 4.79 Å². The SMILES string of the molecule is Cc1ccc2c(CCNC(=O)C3CC3)c[nH]c2c1. The highest BCUT2D eigenvalue weighted by Gasteiger charge is 2.28. The van der Waals surface area contributed by atoms with Crippen molar-refractivity contribution in [1.82, 2.24) is 10.3 Å². The number of H-pyrrole nitrogens is 1. The Hall–Kier alpha value is -1.77. The lowest BCUT2D eigenvalue weighted by Gasteiger charge is -2.03. The van der Waals surface area contributed by atoms with Crippen LogP contribution < -0.4 is 5.32 Å². The van der Waals surface area contributed by atoms with E-state index in [1.807, 2.05) is 6.20 Å². The predicted octanol–water partition coefficient (Wildman–Crippen LogP) is 2.55. The van der Waals surface area contributed by atoms with Crippen molar-refractivity contribution in [2.24, 2.45) is 5.92 Å². The first-order valence-corrected chi connectivity index (χ1v) is 6.58. The van der Waals surface area contributed by atoms with E-state index >= 15 is 0 Å². The molecule has 0 saturated heterocycles. The van der Waals surface area contributed by atoms with Crippen molar-refractivity contribution in [1.29, 1.82) is 0 Å². The average molecular weight is 242 g/mol. The molecule has 0 unspecified atom stereocenters. The van der Waals surface area contributed by atoms with Crippen LogP contribution in [0.1, 0.15) is 24.0 Å². The third-order valence-corrected chi connectivity index (χ3v) is 3.56. The zero-order valence-electron chi connectivity index (χ0n) is 10.6. The molecule has 0 radical (unpaired) electrons. The summed E-state index contributed by atoms with van der Waals surface area (Å²) in [5.74, 6) is 0.529. The number of rotatable bonds is 4. The number of hydrogen-bond donors (Lipinski definition) is 2. The fraction of sp³-hybridized carbons (Fsp3) is 0.400. The normalized spacial score (nSPS) is 14.9. The van der Waals surface area contributed by atoms with Gasteiger partial charge in [-0.1, -0.05) is 12.1 Å². The summed E-state index contributed by atoms with van der Waals surface area (Å²) in [6.45, 7) is 2.83. The minimum absolute atomic E-state index is 0.227. The molecule has 1 amide bonds. The van der Waals surface area contributed by atoms with E-state index < -0.39 is 0 Å². The van der Waals surface area contributed by atoms with E-state index in [0.29, 0.717) is 5.92 Å². The van der Waals surface area contributed by atoms with Crippen LogP contribution in [0.5, 0.6) is 0 Å². The van der Waals surface area contributed by atoms with Crippen LogP contribution in [0.15, 0.2) is 24.4 Å². The van der Waals surface area contributed by atoms with Crippen molar-refractivity contribution in [2.45, 2.75) is 26.2 Å². The molecule has 0 aliphatic heterocycles. The number of amides is 1. The average Bonchev–Trinajstić information content (AvgIpc) is 3.13. The van der Waals surface area contributed by atoms with Gasteiger partial charge in [-0.15, -0.1) is 0 Å². The molecule has 1 aliphatic carbocycles. The smallest absolute Gasteiger partial charge is 0.223 e. The van der Waals surface area contributed by atoms with Gasteiger partial charge in [-0.2, -0.15) is 0 Å². The van der Waals surface area contributed by atoms with E-state index in [2.05, 4.69) is 35.4 Å². The summed E-state index contributed by atoms with van der Waals surface area (Å²) in [7, 11) is 0. The Morgan fingerprint density at radius 3 is 3.06 bits per heavy atom. The molecule has 0 spiro atoms. The van der Waals surface area contributed by atoms with Gasteiger partial charge in [-0.25, -0.2) is 0 Å². The number of benzene rings is 1. The first-order valence-electron chi connectivity index (χ1n) is 6.58. The second-order valence-electron chi connectivity index (χ2n) is 5.18. The maximum absolute atomic E-state index is 11.5. The number of nitrogens with one attached hydrogen (secondary N) is 2. The summed E-state index contributed by atoms with van der Waals surface area (Å²) in [4.78, 5) is 14.8. The van der Waals surface area contributed by atoms with Gasteiger partial charge in [0, 0.05) is 29.6 Å². The minimum atomic E-state index is 0.227. The van der Waals surface area contributed by atoms with Gasteiger partial charge < -0.3 is 10.3 Å². The van der Waals surface area contributed by atoms with E-state index in [-0.39, 0.29) is 5.91 Å². The third kappa shape index (κ3) is 2.26. The summed E-state index contributed by atoms with van der Waals surface area (Å²) in [6, 6.07) is 6.43. The van der Waals surface area contributed by atoms with Crippen LogP contribution in [0.2, 0.25) is 0 Å². The zero-order valence-corrected chi connectivity index (χ0v) is 10.6. The van der Waals surface area contributed by atoms with Crippen LogP contribution in [0, 0.1) is 12.8 Å². The lowest BCUT2D eigenvalue weighted by Crippen LogP contribution is -2.26. The lowest BCUT2D eigenvalue weighted by atomic mass is 10.1. The number of hydrogen-bond acceptors (Lipinski definition) is 1. The van der Waals surface area contributed by atoms with Crippen LogP contribution in [0.4, 0.5) is 0 Å². The first kappa shape index (κ1) is 11.3. The Labute approximate surface area is 107 Å². The van der Waals surface area contributed by atoms with Crippen molar-refractivity contribution >= 4 is 16.8 Å². The van der Waals surface area contributed by atoms with Gasteiger partial charge in [-0.3, -0.25) is 4.79 Å². The highest BCUT2D eigenvalue weighted by molar-refractivity contribution is 5.84. The number of aromatic amines is 1. The Bertz CT molecular complexity index is 581. The Kier molecular flexibility index (Phi) is 2.82. The summed E-state index contributed by atoms with van der Waals surface area (Å²) in [6.07, 6.45) is 5.07. The molecule has 1 aromatic heterocycles. The van der Waals surface area contributed by atoms with Gasteiger partial charge in [0.15, 0.2) is 0 Å². The molecule has 2 aromatic rings. The van der Waals surface area contributed by atoms with Crippen LogP contribution in [-0.2, 0) is 11.2 Å². The topological polar surface area (TPSA) is 44.9 Å². The van der Waals surface area contributed by atoms with Gasteiger partial charge in [0.2, 0.25) is 5.91 Å². The fourth-order valence-corrected chi connectivity index (χ4v) is 2.32. The first-order chi connectivity index (χ1) is 8.74. The monoisotopic (exact) mass is 242 g/mol. The highest BCUT2D eigenvalue weighted by Crippen LogP contribution is 2.28. The van der Waals surface area contributed by atoms with Gasteiger partial charge in [-0.05, 0) is 43.4 Å². The van der Waals surface area contributed by atoms with E-state index in [9.17, 15) is 4.79 Å². The molecule has 0 bridgehead atoms. The standard InChI is InChI=1S/C15H18N2O/c1-10-2-5-13-12(9-17-14(13)8-10)6-7-16-15(18)11-3-4-11/h2,5,8-9,11,17H,3-4,6-7H2,1H3,(H,16,18). The Morgan fingerprint density at radius 1 is 1.44 bits per heavy atom. The van der Waals surface area contributed by atoms with E-state index in [4.69, 9.17) is 0 Å². The van der Waals surface area contributed by atoms with Crippen LogP contribution in [-0.4, -0.2) is 17.4 Å². The third-order valence-electron chi connectivity index (χ3n) is 3.56. The molecule has 3 nitrogen and oxygen atoms in total. The van der Waals surface area contributed by atoms with Crippen LogP contribution in [0.25, 0.3) is 10.9 Å². The van der Waals surface area contributed by atoms with Gasteiger partial charge >= 0.3 is 0 Å². The lowest BCUT2D eigenvalue weighted by molar-refractivity contribution is -0.122. The van der Waals surface area contributed by atoms with Gasteiger partial charge in [0.1, 0.15) is 0 Å². The quantitative estimate of drug-likeness (QED) is 0.850. The maximum Gasteiger partial charge on any atom is 0.223 e. The van der Waals surface area contributed by atoms with Crippen LogP contribution in [0.3, 0.4) is 0 Å². The van der Waals surface area contributed by atoms with Gasteiger partial charge in [0.05, 0.1) is 0 Å². The molecule has 3 rings (SSSR count). The van der Waals surface area contributed by atoms with Crippen LogP contribution >= 0.6 is 0 Å². The number of carbonyl (C=O) groups excluding carboxylic acids is 1. The largest absolute Gasteiger partial charge is 0.361 e. The maximum atomic E-state index is 11.5. The number of aryl methyl sites for hydroxylation is 1. The molecular weight excluding hydrogens is 224 g/mol. The summed E-state index contributed by atoms with van der Waals surface area (Å²) in [5, 5.41) is 4.27. The molecule has 1 fully saturated rings. The van der Waals surface area contributed by atoms with E-state index in [1.165, 1.54) is 22.0 Å². The number of aromatic nitrogens is 1. The molecule has 94 valence electrons. The second-order valence-corrected chi connectivity index (χ2v) is 5.18. The highest BCUT2D eigenvalue weighted by atomic mass is 16.2. The molecule has 1 aliphatic rings. The number of fused-ring (bicyclic) bond motifs is 1. The zero-order chi connectivity index (χ0) is 12.5. The molecule has 1 aromatic carbocycles. The molecule has 2 N–H and O–H groups in total. The van der Waals surface area contributed by atoms with Crippen molar-refractivity contribution in [2.75, 3.05) is 6.54 Å². The molecule has 0 atom stereocenters. The second kappa shape index (κ2) is 4.48. The molecule has 1 saturated carbocycles. The predicted molar refractivity (Wildman–Crippen MR) is 72.5 cm³/mol. The summed E-state index contributed by atoms with van der Waals surface area (Å²) < 4.78 is 0. The van der Waals surface area contributed by atoms with Gasteiger partial charge in [0.25, 0.3) is 0 Å².